The van der Waals surface area contributed by atoms with Crippen LogP contribution < -0.4 is 10.9 Å². The fraction of sp³-hybridized carbons (Fsp3) is 0.565. The second kappa shape index (κ2) is 8.98. The fourth-order valence-corrected chi connectivity index (χ4v) is 4.39. The van der Waals surface area contributed by atoms with Crippen molar-refractivity contribution >= 4 is 22.8 Å². The predicted octanol–water partition coefficient (Wildman–Crippen LogP) is 3.12. The molecule has 7 nitrogen and oxygen atoms in total. The summed E-state index contributed by atoms with van der Waals surface area (Å²) < 4.78 is 7.15. The lowest BCUT2D eigenvalue weighted by atomic mass is 10.1. The van der Waals surface area contributed by atoms with E-state index in [-0.39, 0.29) is 17.5 Å². The van der Waals surface area contributed by atoms with Crippen molar-refractivity contribution in [3.63, 3.8) is 0 Å². The Balaban J connectivity index is 1.52. The number of aromatic nitrogens is 2. The second-order valence-corrected chi connectivity index (χ2v) is 8.42. The SMILES string of the molecule is C[C@H](OC(=O)c1ccc2c(=O)n3c(nc2c1)CCCCCC3)C(=O)NC1CCCC1. The van der Waals surface area contributed by atoms with Gasteiger partial charge >= 0.3 is 5.97 Å². The van der Waals surface area contributed by atoms with E-state index in [0.29, 0.717) is 23.0 Å². The molecule has 160 valence electrons. The van der Waals surface area contributed by atoms with Crippen LogP contribution in [0.15, 0.2) is 23.0 Å². The molecule has 1 aliphatic heterocycles. The number of nitrogens with zero attached hydrogens (tertiary/aromatic N) is 2. The third kappa shape index (κ3) is 4.40. The van der Waals surface area contributed by atoms with Gasteiger partial charge in [0.2, 0.25) is 0 Å². The van der Waals surface area contributed by atoms with Crippen molar-refractivity contribution in [1.29, 1.82) is 0 Å². The zero-order valence-corrected chi connectivity index (χ0v) is 17.5. The second-order valence-electron chi connectivity index (χ2n) is 8.42. The molecule has 1 aromatic heterocycles. The standard InChI is InChI=1S/C23H29N3O4/c1-15(21(27)24-17-8-5-6-9-17)30-23(29)16-11-12-18-19(14-16)25-20-10-4-2-3-7-13-26(20)22(18)28/h11-12,14-15,17H,2-10,13H2,1H3,(H,24,27)/t15-/m0/s1. The van der Waals surface area contributed by atoms with Crippen molar-refractivity contribution in [3.8, 4) is 0 Å². The minimum absolute atomic E-state index is 0.0545. The van der Waals surface area contributed by atoms with Crippen LogP contribution in [0, 0.1) is 0 Å². The molecule has 1 atom stereocenters. The molecule has 30 heavy (non-hydrogen) atoms. The van der Waals surface area contributed by atoms with E-state index in [1.54, 1.807) is 29.7 Å². The van der Waals surface area contributed by atoms with Gasteiger partial charge in [-0.05, 0) is 50.8 Å². The van der Waals surface area contributed by atoms with Crippen LogP contribution in [0.2, 0.25) is 0 Å². The van der Waals surface area contributed by atoms with Gasteiger partial charge in [0.15, 0.2) is 6.10 Å². The summed E-state index contributed by atoms with van der Waals surface area (Å²) in [5.74, 6) is -0.0737. The summed E-state index contributed by atoms with van der Waals surface area (Å²) in [6.07, 6.45) is 8.33. The molecule has 0 unspecified atom stereocenters. The highest BCUT2D eigenvalue weighted by Gasteiger charge is 2.24. The molecule has 1 amide bonds. The Bertz CT molecular complexity index is 1010. The number of ether oxygens (including phenoxy) is 1. The molecule has 1 N–H and O–H groups in total. The maximum Gasteiger partial charge on any atom is 0.338 e. The van der Waals surface area contributed by atoms with Crippen molar-refractivity contribution in [2.45, 2.75) is 83.4 Å². The molecule has 2 heterocycles. The topological polar surface area (TPSA) is 90.3 Å². The molecular formula is C23H29N3O4. The quantitative estimate of drug-likeness (QED) is 0.781. The average molecular weight is 412 g/mol. The lowest BCUT2D eigenvalue weighted by molar-refractivity contribution is -0.129. The number of carbonyl (C=O) groups excluding carboxylic acids is 2. The highest BCUT2D eigenvalue weighted by molar-refractivity contribution is 5.95. The normalized spacial score (nSPS) is 18.3. The van der Waals surface area contributed by atoms with Crippen LogP contribution in [0.25, 0.3) is 10.9 Å². The summed E-state index contributed by atoms with van der Waals surface area (Å²) in [5, 5.41) is 3.45. The monoisotopic (exact) mass is 411 g/mol. The molecule has 2 aromatic rings. The number of nitrogens with one attached hydrogen (secondary N) is 1. The summed E-state index contributed by atoms with van der Waals surface area (Å²) in [5.41, 5.74) is 0.746. The maximum atomic E-state index is 12.9. The summed E-state index contributed by atoms with van der Waals surface area (Å²) in [7, 11) is 0. The van der Waals surface area contributed by atoms with Gasteiger partial charge in [0.25, 0.3) is 11.5 Å². The zero-order chi connectivity index (χ0) is 21.1. The molecule has 1 aliphatic carbocycles. The van der Waals surface area contributed by atoms with Gasteiger partial charge in [-0.2, -0.15) is 0 Å². The van der Waals surface area contributed by atoms with E-state index in [2.05, 4.69) is 10.3 Å². The van der Waals surface area contributed by atoms with Gasteiger partial charge in [-0.25, -0.2) is 9.78 Å². The Labute approximate surface area is 175 Å². The van der Waals surface area contributed by atoms with Crippen LogP contribution >= 0.6 is 0 Å². The van der Waals surface area contributed by atoms with Gasteiger partial charge in [-0.1, -0.05) is 25.7 Å². The van der Waals surface area contributed by atoms with E-state index in [4.69, 9.17) is 4.74 Å². The van der Waals surface area contributed by atoms with E-state index in [9.17, 15) is 14.4 Å². The number of hydrogen-bond acceptors (Lipinski definition) is 5. The number of amides is 1. The molecule has 2 aliphatic rings. The van der Waals surface area contributed by atoms with Crippen LogP contribution in [-0.4, -0.2) is 33.6 Å². The van der Waals surface area contributed by atoms with Gasteiger partial charge < -0.3 is 10.1 Å². The number of rotatable bonds is 4. The number of hydrogen-bond donors (Lipinski definition) is 1. The number of fused-ring (bicyclic) bond motifs is 2. The van der Waals surface area contributed by atoms with Gasteiger partial charge in [0.1, 0.15) is 5.82 Å². The van der Waals surface area contributed by atoms with Gasteiger partial charge in [-0.3, -0.25) is 14.2 Å². The van der Waals surface area contributed by atoms with Crippen LogP contribution in [-0.2, 0) is 22.5 Å². The average Bonchev–Trinajstić information content (AvgIpc) is 3.22. The molecule has 0 bridgehead atoms. The predicted molar refractivity (Wildman–Crippen MR) is 113 cm³/mol. The molecule has 7 heteroatoms. The van der Waals surface area contributed by atoms with E-state index in [1.165, 1.54) is 0 Å². The molecule has 4 rings (SSSR count). The smallest absolute Gasteiger partial charge is 0.338 e. The molecule has 0 spiro atoms. The van der Waals surface area contributed by atoms with Gasteiger partial charge in [-0.15, -0.1) is 0 Å². The molecule has 0 radical (unpaired) electrons. The highest BCUT2D eigenvalue weighted by atomic mass is 16.5. The number of aryl methyl sites for hydroxylation is 1. The summed E-state index contributed by atoms with van der Waals surface area (Å²) in [4.78, 5) is 42.5. The minimum Gasteiger partial charge on any atom is -0.449 e. The first-order valence-electron chi connectivity index (χ1n) is 11.1. The Morgan fingerprint density at radius 2 is 1.90 bits per heavy atom. The first-order chi connectivity index (χ1) is 14.5. The first-order valence-corrected chi connectivity index (χ1v) is 11.1. The van der Waals surface area contributed by atoms with E-state index >= 15 is 0 Å². The van der Waals surface area contributed by atoms with Crippen molar-refractivity contribution in [3.05, 3.63) is 39.9 Å². The van der Waals surface area contributed by atoms with E-state index < -0.39 is 12.1 Å². The Kier molecular flexibility index (Phi) is 6.16. The summed E-state index contributed by atoms with van der Waals surface area (Å²) in [6.45, 7) is 2.27. The van der Waals surface area contributed by atoms with E-state index in [1.807, 2.05) is 0 Å². The number of carbonyl (C=O) groups is 2. The number of benzene rings is 1. The van der Waals surface area contributed by atoms with Gasteiger partial charge in [0, 0.05) is 19.0 Å². The highest BCUT2D eigenvalue weighted by Crippen LogP contribution is 2.19. The largest absolute Gasteiger partial charge is 0.449 e. The van der Waals surface area contributed by atoms with Crippen molar-refractivity contribution < 1.29 is 14.3 Å². The third-order valence-electron chi connectivity index (χ3n) is 6.16. The van der Waals surface area contributed by atoms with Gasteiger partial charge in [0.05, 0.1) is 16.5 Å². The molecule has 1 saturated carbocycles. The lowest BCUT2D eigenvalue weighted by Crippen LogP contribution is -2.40. The Hall–Kier alpha value is -2.70. The molecule has 1 fully saturated rings. The molecule has 0 saturated heterocycles. The Morgan fingerprint density at radius 1 is 1.13 bits per heavy atom. The van der Waals surface area contributed by atoms with Crippen LogP contribution in [0.5, 0.6) is 0 Å². The lowest BCUT2D eigenvalue weighted by Gasteiger charge is -2.18. The van der Waals surface area contributed by atoms with E-state index in [0.717, 1.165) is 63.6 Å². The van der Waals surface area contributed by atoms with Crippen molar-refractivity contribution in [1.82, 2.24) is 14.9 Å². The summed E-state index contributed by atoms with van der Waals surface area (Å²) in [6, 6.07) is 4.98. The van der Waals surface area contributed by atoms with Crippen LogP contribution in [0.1, 0.15) is 74.5 Å². The number of esters is 1. The Morgan fingerprint density at radius 3 is 2.70 bits per heavy atom. The fourth-order valence-electron chi connectivity index (χ4n) is 4.39. The molecular weight excluding hydrogens is 382 g/mol. The zero-order valence-electron chi connectivity index (χ0n) is 17.5. The van der Waals surface area contributed by atoms with Crippen molar-refractivity contribution in [2.75, 3.05) is 0 Å². The van der Waals surface area contributed by atoms with Crippen LogP contribution in [0.3, 0.4) is 0 Å². The first kappa shape index (κ1) is 20.6. The molecule has 1 aromatic carbocycles. The minimum atomic E-state index is -0.872. The summed E-state index contributed by atoms with van der Waals surface area (Å²) >= 11 is 0. The van der Waals surface area contributed by atoms with Crippen molar-refractivity contribution in [2.24, 2.45) is 0 Å². The third-order valence-corrected chi connectivity index (χ3v) is 6.16. The van der Waals surface area contributed by atoms with Crippen LogP contribution in [0.4, 0.5) is 0 Å². The maximum absolute atomic E-state index is 12.9.